The minimum atomic E-state index is 0.819. The van der Waals surface area contributed by atoms with Crippen LogP contribution in [0, 0.1) is 11.8 Å². The summed E-state index contributed by atoms with van der Waals surface area (Å²) in [6, 6.07) is 4.17. The number of piperidine rings is 1. The van der Waals surface area contributed by atoms with Crippen molar-refractivity contribution in [3.63, 3.8) is 0 Å². The summed E-state index contributed by atoms with van der Waals surface area (Å²) < 4.78 is 1.05. The normalized spacial score (nSPS) is 29.2. The standard InChI is InChI=1S/C12H16BrN3/c13-11-1-2-12(15-7-11)16-4-3-9-5-14-6-10(9)8-16/h1-2,7,9-10,14H,3-6,8H2. The van der Waals surface area contributed by atoms with Crippen molar-refractivity contribution in [3.8, 4) is 0 Å². The first-order valence-electron chi connectivity index (χ1n) is 5.90. The van der Waals surface area contributed by atoms with Gasteiger partial charge in [-0.2, -0.15) is 0 Å². The van der Waals surface area contributed by atoms with Crippen LogP contribution in [0.1, 0.15) is 6.42 Å². The molecule has 2 atom stereocenters. The summed E-state index contributed by atoms with van der Waals surface area (Å²) in [6.45, 7) is 4.70. The van der Waals surface area contributed by atoms with Gasteiger partial charge in [-0.25, -0.2) is 4.98 Å². The largest absolute Gasteiger partial charge is 0.356 e. The second-order valence-corrected chi connectivity index (χ2v) is 5.66. The van der Waals surface area contributed by atoms with Crippen LogP contribution in [0.3, 0.4) is 0 Å². The van der Waals surface area contributed by atoms with Gasteiger partial charge in [-0.1, -0.05) is 0 Å². The molecule has 1 aromatic rings. The number of rotatable bonds is 1. The number of aromatic nitrogens is 1. The molecule has 4 heteroatoms. The number of fused-ring (bicyclic) bond motifs is 1. The van der Waals surface area contributed by atoms with Gasteiger partial charge in [-0.05, 0) is 59.4 Å². The van der Waals surface area contributed by atoms with Crippen molar-refractivity contribution in [2.75, 3.05) is 31.1 Å². The number of pyridine rings is 1. The minimum absolute atomic E-state index is 0.819. The molecule has 86 valence electrons. The van der Waals surface area contributed by atoms with E-state index in [9.17, 15) is 0 Å². The molecule has 3 heterocycles. The van der Waals surface area contributed by atoms with Gasteiger partial charge in [-0.15, -0.1) is 0 Å². The van der Waals surface area contributed by atoms with Gasteiger partial charge < -0.3 is 10.2 Å². The van der Waals surface area contributed by atoms with Crippen molar-refractivity contribution in [3.05, 3.63) is 22.8 Å². The fourth-order valence-corrected chi connectivity index (χ4v) is 3.03. The number of hydrogen-bond acceptors (Lipinski definition) is 3. The molecule has 16 heavy (non-hydrogen) atoms. The summed E-state index contributed by atoms with van der Waals surface area (Å²) in [6.07, 6.45) is 3.18. The predicted molar refractivity (Wildman–Crippen MR) is 68.6 cm³/mol. The average Bonchev–Trinajstić information content (AvgIpc) is 2.77. The molecule has 0 aromatic carbocycles. The van der Waals surface area contributed by atoms with E-state index in [1.54, 1.807) is 0 Å². The summed E-state index contributed by atoms with van der Waals surface area (Å²) in [5, 5.41) is 3.49. The van der Waals surface area contributed by atoms with Crippen LogP contribution in [0.25, 0.3) is 0 Å². The Labute approximate surface area is 104 Å². The van der Waals surface area contributed by atoms with Crippen LogP contribution in [-0.2, 0) is 0 Å². The Kier molecular flexibility index (Phi) is 2.86. The molecule has 2 saturated heterocycles. The van der Waals surface area contributed by atoms with Crippen LogP contribution in [0.5, 0.6) is 0 Å². The molecule has 0 radical (unpaired) electrons. The Bertz CT molecular complexity index is 365. The topological polar surface area (TPSA) is 28.2 Å². The van der Waals surface area contributed by atoms with Gasteiger partial charge in [0, 0.05) is 23.8 Å². The second-order valence-electron chi connectivity index (χ2n) is 4.75. The lowest BCUT2D eigenvalue weighted by atomic mass is 9.89. The van der Waals surface area contributed by atoms with Crippen molar-refractivity contribution in [1.82, 2.24) is 10.3 Å². The summed E-state index contributed by atoms with van der Waals surface area (Å²) >= 11 is 3.42. The summed E-state index contributed by atoms with van der Waals surface area (Å²) in [4.78, 5) is 6.89. The molecule has 1 aromatic heterocycles. The van der Waals surface area contributed by atoms with E-state index < -0.39 is 0 Å². The van der Waals surface area contributed by atoms with Gasteiger partial charge in [0.05, 0.1) is 0 Å². The molecule has 0 spiro atoms. The lowest BCUT2D eigenvalue weighted by Crippen LogP contribution is -2.40. The highest BCUT2D eigenvalue weighted by Gasteiger charge is 2.32. The lowest BCUT2D eigenvalue weighted by molar-refractivity contribution is 0.347. The van der Waals surface area contributed by atoms with Crippen LogP contribution in [0.2, 0.25) is 0 Å². The SMILES string of the molecule is Brc1ccc(N2CCC3CNCC3C2)nc1. The van der Waals surface area contributed by atoms with E-state index in [4.69, 9.17) is 0 Å². The van der Waals surface area contributed by atoms with Crippen LogP contribution in [-0.4, -0.2) is 31.2 Å². The first-order valence-corrected chi connectivity index (χ1v) is 6.69. The van der Waals surface area contributed by atoms with Gasteiger partial charge >= 0.3 is 0 Å². The highest BCUT2D eigenvalue weighted by atomic mass is 79.9. The van der Waals surface area contributed by atoms with Crippen LogP contribution >= 0.6 is 15.9 Å². The molecule has 0 saturated carbocycles. The fraction of sp³-hybridized carbons (Fsp3) is 0.583. The fourth-order valence-electron chi connectivity index (χ4n) is 2.80. The van der Waals surface area contributed by atoms with Gasteiger partial charge in [-0.3, -0.25) is 0 Å². The van der Waals surface area contributed by atoms with E-state index in [0.29, 0.717) is 0 Å². The average molecular weight is 282 g/mol. The zero-order valence-electron chi connectivity index (χ0n) is 9.19. The zero-order valence-corrected chi connectivity index (χ0v) is 10.8. The molecule has 0 amide bonds. The maximum Gasteiger partial charge on any atom is 0.128 e. The number of hydrogen-bond donors (Lipinski definition) is 1. The lowest BCUT2D eigenvalue weighted by Gasteiger charge is -2.35. The van der Waals surface area contributed by atoms with E-state index in [0.717, 1.165) is 35.2 Å². The molecular formula is C12H16BrN3. The smallest absolute Gasteiger partial charge is 0.128 e. The van der Waals surface area contributed by atoms with E-state index in [-0.39, 0.29) is 0 Å². The molecule has 2 aliphatic rings. The quantitative estimate of drug-likeness (QED) is 0.852. The van der Waals surface area contributed by atoms with Crippen molar-refractivity contribution < 1.29 is 0 Å². The van der Waals surface area contributed by atoms with Crippen molar-refractivity contribution >= 4 is 21.7 Å². The third kappa shape index (κ3) is 1.96. The summed E-state index contributed by atoms with van der Waals surface area (Å²) in [5.41, 5.74) is 0. The molecule has 1 N–H and O–H groups in total. The molecule has 3 nitrogen and oxygen atoms in total. The second kappa shape index (κ2) is 4.34. The van der Waals surface area contributed by atoms with E-state index in [2.05, 4.69) is 43.3 Å². The first-order chi connectivity index (χ1) is 7.83. The number of halogens is 1. The number of nitrogens with zero attached hydrogens (tertiary/aromatic N) is 2. The third-order valence-electron chi connectivity index (χ3n) is 3.74. The maximum absolute atomic E-state index is 4.47. The van der Waals surface area contributed by atoms with Crippen LogP contribution in [0.4, 0.5) is 5.82 Å². The van der Waals surface area contributed by atoms with Gasteiger partial charge in [0.15, 0.2) is 0 Å². The number of anilines is 1. The van der Waals surface area contributed by atoms with Crippen molar-refractivity contribution in [2.24, 2.45) is 11.8 Å². The van der Waals surface area contributed by atoms with Gasteiger partial charge in [0.1, 0.15) is 5.82 Å². The molecule has 2 unspecified atom stereocenters. The number of nitrogens with one attached hydrogen (secondary N) is 1. The molecule has 0 aliphatic carbocycles. The molecule has 2 fully saturated rings. The highest BCUT2D eigenvalue weighted by molar-refractivity contribution is 9.10. The Morgan fingerprint density at radius 2 is 2.19 bits per heavy atom. The van der Waals surface area contributed by atoms with E-state index >= 15 is 0 Å². The Balaban J connectivity index is 1.74. The van der Waals surface area contributed by atoms with E-state index in [1.165, 1.54) is 19.5 Å². The van der Waals surface area contributed by atoms with Crippen molar-refractivity contribution in [2.45, 2.75) is 6.42 Å². The molecule has 2 aliphatic heterocycles. The summed E-state index contributed by atoms with van der Waals surface area (Å²) in [7, 11) is 0. The predicted octanol–water partition coefficient (Wildman–Crippen LogP) is 1.89. The van der Waals surface area contributed by atoms with Crippen LogP contribution < -0.4 is 10.2 Å². The monoisotopic (exact) mass is 281 g/mol. The van der Waals surface area contributed by atoms with E-state index in [1.807, 2.05) is 6.20 Å². The Morgan fingerprint density at radius 1 is 1.31 bits per heavy atom. The third-order valence-corrected chi connectivity index (χ3v) is 4.21. The van der Waals surface area contributed by atoms with Gasteiger partial charge in [0.25, 0.3) is 0 Å². The minimum Gasteiger partial charge on any atom is -0.356 e. The highest BCUT2D eigenvalue weighted by Crippen LogP contribution is 2.29. The Hall–Kier alpha value is -0.610. The Morgan fingerprint density at radius 3 is 3.00 bits per heavy atom. The maximum atomic E-state index is 4.47. The van der Waals surface area contributed by atoms with Gasteiger partial charge in [0.2, 0.25) is 0 Å². The molecule has 0 bridgehead atoms. The molecule has 3 rings (SSSR count). The van der Waals surface area contributed by atoms with Crippen molar-refractivity contribution in [1.29, 1.82) is 0 Å². The van der Waals surface area contributed by atoms with Crippen LogP contribution in [0.15, 0.2) is 22.8 Å². The first kappa shape index (κ1) is 10.5. The summed E-state index contributed by atoms with van der Waals surface area (Å²) in [5.74, 6) is 2.83. The zero-order chi connectivity index (χ0) is 11.0. The molecular weight excluding hydrogens is 266 g/mol.